The van der Waals surface area contributed by atoms with Crippen LogP contribution in [0.3, 0.4) is 0 Å². The fourth-order valence-corrected chi connectivity index (χ4v) is 2.26. The number of nitrogens with one attached hydrogen (secondary N) is 1. The molecule has 0 aliphatic rings. The molecule has 0 aliphatic heterocycles. The standard InChI is InChI=1S/C8H18N2O4S/c1-4-10(5-2)15(12,13)9-7-6-8(11)14-3/h9H,4-7H2,1-3H3. The van der Waals surface area contributed by atoms with Crippen molar-refractivity contribution in [3.05, 3.63) is 0 Å². The summed E-state index contributed by atoms with van der Waals surface area (Å²) in [5.41, 5.74) is 0. The van der Waals surface area contributed by atoms with E-state index in [0.717, 1.165) is 0 Å². The fourth-order valence-electron chi connectivity index (χ4n) is 1.04. The lowest BCUT2D eigenvalue weighted by Crippen LogP contribution is -2.41. The third-order valence-electron chi connectivity index (χ3n) is 1.89. The van der Waals surface area contributed by atoms with Gasteiger partial charge in [0.1, 0.15) is 0 Å². The fraction of sp³-hybridized carbons (Fsp3) is 0.875. The van der Waals surface area contributed by atoms with Gasteiger partial charge in [-0.25, -0.2) is 4.72 Å². The average Bonchev–Trinajstić information content (AvgIpc) is 2.18. The highest BCUT2D eigenvalue weighted by Crippen LogP contribution is 1.96. The Bertz CT molecular complexity index is 285. The summed E-state index contributed by atoms with van der Waals surface area (Å²) in [6, 6.07) is 0. The molecule has 1 N–H and O–H groups in total. The second-order valence-electron chi connectivity index (χ2n) is 2.81. The van der Waals surface area contributed by atoms with Crippen molar-refractivity contribution in [3.63, 3.8) is 0 Å². The molecule has 0 aromatic carbocycles. The Balaban J connectivity index is 4.10. The van der Waals surface area contributed by atoms with Crippen molar-refractivity contribution in [2.24, 2.45) is 0 Å². The van der Waals surface area contributed by atoms with Crippen LogP contribution in [-0.2, 0) is 19.7 Å². The average molecular weight is 238 g/mol. The summed E-state index contributed by atoms with van der Waals surface area (Å²) in [5.74, 6) is -0.433. The van der Waals surface area contributed by atoms with Crippen LogP contribution in [-0.4, -0.2) is 45.4 Å². The van der Waals surface area contributed by atoms with Gasteiger partial charge in [-0.3, -0.25) is 4.79 Å². The third-order valence-corrected chi connectivity index (χ3v) is 3.65. The van der Waals surface area contributed by atoms with Crippen molar-refractivity contribution in [2.45, 2.75) is 20.3 Å². The maximum atomic E-state index is 11.5. The monoisotopic (exact) mass is 238 g/mol. The van der Waals surface area contributed by atoms with E-state index in [9.17, 15) is 13.2 Å². The molecule has 6 nitrogen and oxygen atoms in total. The summed E-state index contributed by atoms with van der Waals surface area (Å²) in [5, 5.41) is 0. The van der Waals surface area contributed by atoms with Crippen molar-refractivity contribution in [2.75, 3.05) is 26.7 Å². The molecule has 0 aromatic rings. The summed E-state index contributed by atoms with van der Waals surface area (Å²) in [7, 11) is -2.19. The van der Waals surface area contributed by atoms with E-state index in [0.29, 0.717) is 13.1 Å². The molecule has 0 fully saturated rings. The number of carbonyl (C=O) groups excluding carboxylic acids is 1. The maximum Gasteiger partial charge on any atom is 0.306 e. The van der Waals surface area contributed by atoms with Gasteiger partial charge in [0.25, 0.3) is 10.2 Å². The number of carbonyl (C=O) groups is 1. The molecule has 0 radical (unpaired) electrons. The van der Waals surface area contributed by atoms with Crippen molar-refractivity contribution < 1.29 is 17.9 Å². The SMILES string of the molecule is CCN(CC)S(=O)(=O)NCCC(=O)OC. The van der Waals surface area contributed by atoms with E-state index in [4.69, 9.17) is 0 Å². The Labute approximate surface area is 90.8 Å². The van der Waals surface area contributed by atoms with Gasteiger partial charge in [-0.2, -0.15) is 12.7 Å². The first kappa shape index (κ1) is 14.3. The number of methoxy groups -OCH3 is 1. The second kappa shape index (κ2) is 6.76. The Kier molecular flexibility index (Phi) is 6.46. The van der Waals surface area contributed by atoms with Crippen LogP contribution in [0.25, 0.3) is 0 Å². The highest BCUT2D eigenvalue weighted by molar-refractivity contribution is 7.87. The van der Waals surface area contributed by atoms with E-state index in [1.54, 1.807) is 13.8 Å². The van der Waals surface area contributed by atoms with Gasteiger partial charge >= 0.3 is 5.97 Å². The van der Waals surface area contributed by atoms with Gasteiger partial charge in [0, 0.05) is 19.6 Å². The summed E-state index contributed by atoms with van der Waals surface area (Å²) < 4.78 is 31.0. The lowest BCUT2D eigenvalue weighted by Gasteiger charge is -2.18. The van der Waals surface area contributed by atoms with Crippen molar-refractivity contribution in [1.29, 1.82) is 0 Å². The molecule has 0 bridgehead atoms. The maximum absolute atomic E-state index is 11.5. The van der Waals surface area contributed by atoms with Gasteiger partial charge in [0.2, 0.25) is 0 Å². The molecule has 90 valence electrons. The summed E-state index contributed by atoms with van der Waals surface area (Å²) in [4.78, 5) is 10.7. The molecule has 0 aliphatic carbocycles. The molecule has 0 amide bonds. The number of hydrogen-bond acceptors (Lipinski definition) is 4. The van der Waals surface area contributed by atoms with Crippen LogP contribution >= 0.6 is 0 Å². The van der Waals surface area contributed by atoms with Crippen LogP contribution in [0.5, 0.6) is 0 Å². The minimum atomic E-state index is -3.45. The Hall–Kier alpha value is -0.660. The van der Waals surface area contributed by atoms with E-state index in [1.165, 1.54) is 11.4 Å². The summed E-state index contributed by atoms with van der Waals surface area (Å²) >= 11 is 0. The van der Waals surface area contributed by atoms with E-state index in [1.807, 2.05) is 0 Å². The zero-order chi connectivity index (χ0) is 11.9. The van der Waals surface area contributed by atoms with E-state index in [-0.39, 0.29) is 13.0 Å². The minimum absolute atomic E-state index is 0.0387. The minimum Gasteiger partial charge on any atom is -0.469 e. The van der Waals surface area contributed by atoms with Crippen molar-refractivity contribution in [1.82, 2.24) is 9.03 Å². The first-order chi connectivity index (χ1) is 6.97. The Morgan fingerprint density at radius 3 is 2.27 bits per heavy atom. The van der Waals surface area contributed by atoms with Crippen LogP contribution in [0.1, 0.15) is 20.3 Å². The van der Waals surface area contributed by atoms with Gasteiger partial charge in [-0.15, -0.1) is 0 Å². The molecule has 0 aromatic heterocycles. The molecule has 0 atom stereocenters. The molecule has 0 rings (SSSR count). The molecular formula is C8H18N2O4S. The van der Waals surface area contributed by atoms with E-state index < -0.39 is 16.2 Å². The molecule has 0 heterocycles. The number of ether oxygens (including phenoxy) is 1. The molecule has 0 spiro atoms. The van der Waals surface area contributed by atoms with E-state index >= 15 is 0 Å². The van der Waals surface area contributed by atoms with Crippen LogP contribution in [0, 0.1) is 0 Å². The van der Waals surface area contributed by atoms with Gasteiger partial charge < -0.3 is 4.74 Å². The number of hydrogen-bond donors (Lipinski definition) is 1. The second-order valence-corrected chi connectivity index (χ2v) is 4.57. The third kappa shape index (κ3) is 5.10. The molecular weight excluding hydrogens is 220 g/mol. The van der Waals surface area contributed by atoms with Crippen LogP contribution in [0.2, 0.25) is 0 Å². The van der Waals surface area contributed by atoms with Crippen LogP contribution in [0.15, 0.2) is 0 Å². The van der Waals surface area contributed by atoms with Crippen LogP contribution in [0.4, 0.5) is 0 Å². The topological polar surface area (TPSA) is 75.7 Å². The largest absolute Gasteiger partial charge is 0.469 e. The number of nitrogens with zero attached hydrogens (tertiary/aromatic N) is 1. The smallest absolute Gasteiger partial charge is 0.306 e. The van der Waals surface area contributed by atoms with Gasteiger partial charge in [0.15, 0.2) is 0 Å². The molecule has 15 heavy (non-hydrogen) atoms. The molecule has 0 saturated heterocycles. The zero-order valence-electron chi connectivity index (χ0n) is 9.32. The first-order valence-electron chi connectivity index (χ1n) is 4.79. The Morgan fingerprint density at radius 1 is 1.33 bits per heavy atom. The molecule has 7 heteroatoms. The number of rotatable bonds is 7. The predicted molar refractivity (Wildman–Crippen MR) is 56.5 cm³/mol. The van der Waals surface area contributed by atoms with Gasteiger partial charge in [-0.1, -0.05) is 13.8 Å². The van der Waals surface area contributed by atoms with Gasteiger partial charge in [0.05, 0.1) is 13.5 Å². The summed E-state index contributed by atoms with van der Waals surface area (Å²) in [6.07, 6.45) is 0.0387. The number of esters is 1. The highest BCUT2D eigenvalue weighted by Gasteiger charge is 2.17. The first-order valence-corrected chi connectivity index (χ1v) is 6.23. The lowest BCUT2D eigenvalue weighted by molar-refractivity contribution is -0.140. The molecule has 0 saturated carbocycles. The lowest BCUT2D eigenvalue weighted by atomic mass is 10.4. The van der Waals surface area contributed by atoms with Crippen LogP contribution < -0.4 is 4.72 Å². The predicted octanol–water partition coefficient (Wildman–Crippen LogP) is -0.274. The quantitative estimate of drug-likeness (QED) is 0.619. The van der Waals surface area contributed by atoms with Gasteiger partial charge in [-0.05, 0) is 0 Å². The zero-order valence-corrected chi connectivity index (χ0v) is 10.1. The van der Waals surface area contributed by atoms with Crippen molar-refractivity contribution in [3.8, 4) is 0 Å². The highest BCUT2D eigenvalue weighted by atomic mass is 32.2. The normalized spacial score (nSPS) is 11.7. The van der Waals surface area contributed by atoms with E-state index in [2.05, 4.69) is 9.46 Å². The molecule has 0 unspecified atom stereocenters. The summed E-state index contributed by atoms with van der Waals surface area (Å²) in [6.45, 7) is 4.38. The van der Waals surface area contributed by atoms with Crippen molar-refractivity contribution >= 4 is 16.2 Å². The Morgan fingerprint density at radius 2 is 1.87 bits per heavy atom.